The molecular weight excluding hydrogens is 475 g/mol. The molecule has 2 N–H and O–H groups in total. The molecule has 1 saturated heterocycles. The zero-order chi connectivity index (χ0) is 25.2. The lowest BCUT2D eigenvalue weighted by molar-refractivity contribution is -0.123. The van der Waals surface area contributed by atoms with E-state index in [2.05, 4.69) is 20.4 Å². The lowest BCUT2D eigenvalue weighted by atomic mass is 10.2. The van der Waals surface area contributed by atoms with Crippen molar-refractivity contribution in [2.24, 2.45) is 7.05 Å². The Morgan fingerprint density at radius 1 is 1.31 bits per heavy atom. The van der Waals surface area contributed by atoms with Gasteiger partial charge < -0.3 is 19.8 Å². The molecule has 0 atom stereocenters. The molecule has 0 aliphatic carbocycles. The number of nitrogens with zero attached hydrogens (tertiary/aromatic N) is 5. The Hall–Kier alpha value is -4.43. The molecule has 3 aromatic rings. The Balaban J connectivity index is 1.44. The second-order valence-electron chi connectivity index (χ2n) is 7.42. The third-order valence-electron chi connectivity index (χ3n) is 4.74. The van der Waals surface area contributed by atoms with Gasteiger partial charge in [-0.1, -0.05) is 0 Å². The minimum absolute atomic E-state index is 0.0285. The fourth-order valence-corrected chi connectivity index (χ4v) is 3.24. The number of carbonyl (C=O) groups excluding carboxylic acids is 3. The molecule has 4 rings (SSSR count). The van der Waals surface area contributed by atoms with E-state index in [4.69, 9.17) is 9.15 Å². The second-order valence-corrected chi connectivity index (χ2v) is 7.42. The summed E-state index contributed by atoms with van der Waals surface area (Å²) in [7, 11) is 1.65. The number of carbonyl (C=O) groups is 3. The zero-order valence-electron chi connectivity index (χ0n) is 18.1. The summed E-state index contributed by atoms with van der Waals surface area (Å²) in [5.41, 5.74) is 0.480. The SMILES string of the molecule is Cn1cc(NC(=O)c2coc(-c3ccnc(OC(=O)NCC(F)(F)F)c3)n2)c(N2CCCC2=O)n1. The van der Waals surface area contributed by atoms with Gasteiger partial charge in [-0.25, -0.2) is 14.8 Å². The predicted molar refractivity (Wildman–Crippen MR) is 113 cm³/mol. The Morgan fingerprint density at radius 3 is 2.83 bits per heavy atom. The van der Waals surface area contributed by atoms with Crippen LogP contribution in [-0.2, 0) is 11.8 Å². The van der Waals surface area contributed by atoms with E-state index in [9.17, 15) is 27.6 Å². The summed E-state index contributed by atoms with van der Waals surface area (Å²) in [4.78, 5) is 45.7. The van der Waals surface area contributed by atoms with E-state index < -0.39 is 24.7 Å². The molecule has 3 amide bonds. The molecule has 0 spiro atoms. The first-order chi connectivity index (χ1) is 16.6. The van der Waals surface area contributed by atoms with Gasteiger partial charge in [-0.3, -0.25) is 19.2 Å². The molecule has 3 aromatic heterocycles. The number of anilines is 2. The third kappa shape index (κ3) is 5.74. The first kappa shape index (κ1) is 23.7. The highest BCUT2D eigenvalue weighted by molar-refractivity contribution is 6.06. The van der Waals surface area contributed by atoms with E-state index in [0.717, 1.165) is 6.26 Å². The number of ether oxygens (including phenoxy) is 1. The van der Waals surface area contributed by atoms with Crippen LogP contribution in [0.2, 0.25) is 0 Å². The molecule has 1 fully saturated rings. The van der Waals surface area contributed by atoms with Crippen LogP contribution in [0.25, 0.3) is 11.5 Å². The standard InChI is InChI=1S/C20H18F3N7O5/c1-29-8-12(16(28-29)30-6-2-3-15(30)31)26-17(32)13-9-34-18(27-13)11-4-5-24-14(7-11)35-19(33)25-10-20(21,22)23/h4-5,7-9H,2-3,6,10H2,1H3,(H,25,33)(H,26,32). The molecule has 4 heterocycles. The van der Waals surface area contributed by atoms with E-state index >= 15 is 0 Å². The van der Waals surface area contributed by atoms with Crippen LogP contribution >= 0.6 is 0 Å². The van der Waals surface area contributed by atoms with Crippen molar-refractivity contribution in [2.45, 2.75) is 19.0 Å². The highest BCUT2D eigenvalue weighted by Gasteiger charge is 2.29. The Kier molecular flexibility index (Phi) is 6.40. The topological polar surface area (TPSA) is 144 Å². The first-order valence-electron chi connectivity index (χ1n) is 10.2. The highest BCUT2D eigenvalue weighted by Crippen LogP contribution is 2.28. The Labute approximate surface area is 195 Å². The van der Waals surface area contributed by atoms with Crippen molar-refractivity contribution >= 4 is 29.4 Å². The smallest absolute Gasteiger partial charge is 0.414 e. The van der Waals surface area contributed by atoms with Gasteiger partial charge >= 0.3 is 12.3 Å². The molecule has 35 heavy (non-hydrogen) atoms. The molecular formula is C20H18F3N7O5. The number of hydrogen-bond donors (Lipinski definition) is 2. The number of hydrogen-bond acceptors (Lipinski definition) is 8. The highest BCUT2D eigenvalue weighted by atomic mass is 19.4. The third-order valence-corrected chi connectivity index (χ3v) is 4.74. The number of alkyl halides is 3. The van der Waals surface area contributed by atoms with E-state index in [1.165, 1.54) is 27.9 Å². The molecule has 0 bridgehead atoms. The number of amides is 3. The number of aromatic nitrogens is 4. The minimum Gasteiger partial charge on any atom is -0.444 e. The summed E-state index contributed by atoms with van der Waals surface area (Å²) in [5, 5.41) is 8.45. The average Bonchev–Trinajstić information content (AvgIpc) is 3.52. The number of oxazole rings is 1. The first-order valence-corrected chi connectivity index (χ1v) is 10.2. The molecule has 15 heteroatoms. The van der Waals surface area contributed by atoms with Crippen molar-refractivity contribution < 1.29 is 36.7 Å². The van der Waals surface area contributed by atoms with Gasteiger partial charge in [0.2, 0.25) is 17.7 Å². The lowest BCUT2D eigenvalue weighted by Crippen LogP contribution is -2.35. The van der Waals surface area contributed by atoms with Crippen LogP contribution in [-0.4, -0.2) is 56.9 Å². The van der Waals surface area contributed by atoms with E-state index in [1.807, 2.05) is 0 Å². The normalized spacial score (nSPS) is 13.7. The molecule has 12 nitrogen and oxygen atoms in total. The number of rotatable bonds is 6. The van der Waals surface area contributed by atoms with Crippen molar-refractivity contribution in [3.05, 3.63) is 36.5 Å². The van der Waals surface area contributed by atoms with Crippen molar-refractivity contribution in [1.29, 1.82) is 0 Å². The van der Waals surface area contributed by atoms with Gasteiger partial charge in [0.05, 0.1) is 6.20 Å². The van der Waals surface area contributed by atoms with Gasteiger partial charge in [0.1, 0.15) is 18.5 Å². The predicted octanol–water partition coefficient (Wildman–Crippen LogP) is 2.50. The van der Waals surface area contributed by atoms with Crippen molar-refractivity contribution in [3.8, 4) is 17.3 Å². The van der Waals surface area contributed by atoms with Gasteiger partial charge in [-0.05, 0) is 12.5 Å². The summed E-state index contributed by atoms with van der Waals surface area (Å²) >= 11 is 0. The molecule has 184 valence electrons. The summed E-state index contributed by atoms with van der Waals surface area (Å²) in [6, 6.07) is 2.64. The number of halogens is 3. The molecule has 1 aliphatic rings. The quantitative estimate of drug-likeness (QED) is 0.533. The maximum atomic E-state index is 12.7. The van der Waals surface area contributed by atoms with Crippen LogP contribution in [0.3, 0.4) is 0 Å². The summed E-state index contributed by atoms with van der Waals surface area (Å²) in [6.07, 6.45) is -0.974. The van der Waals surface area contributed by atoms with Gasteiger partial charge in [0.25, 0.3) is 5.91 Å². The van der Waals surface area contributed by atoms with Crippen molar-refractivity contribution in [2.75, 3.05) is 23.3 Å². The molecule has 0 unspecified atom stereocenters. The maximum Gasteiger partial charge on any atom is 0.414 e. The van der Waals surface area contributed by atoms with Gasteiger partial charge in [-0.15, -0.1) is 0 Å². The van der Waals surface area contributed by atoms with Gasteiger partial charge in [0.15, 0.2) is 11.5 Å². The maximum absolute atomic E-state index is 12.7. The summed E-state index contributed by atoms with van der Waals surface area (Å²) in [6.45, 7) is -1.07. The van der Waals surface area contributed by atoms with Gasteiger partial charge in [-0.2, -0.15) is 18.3 Å². The van der Waals surface area contributed by atoms with Gasteiger partial charge in [0, 0.05) is 37.8 Å². The zero-order valence-corrected chi connectivity index (χ0v) is 18.1. The fraction of sp³-hybridized carbons (Fsp3) is 0.300. The van der Waals surface area contributed by atoms with Crippen molar-refractivity contribution in [1.82, 2.24) is 25.1 Å². The Morgan fingerprint density at radius 2 is 2.11 bits per heavy atom. The molecule has 0 saturated carbocycles. The van der Waals surface area contributed by atoms with E-state index in [1.54, 1.807) is 18.6 Å². The average molecular weight is 493 g/mol. The molecule has 0 aromatic carbocycles. The number of pyridine rings is 1. The van der Waals surface area contributed by atoms with Crippen LogP contribution in [0.4, 0.5) is 29.5 Å². The summed E-state index contributed by atoms with van der Waals surface area (Å²) < 4.78 is 48.1. The number of nitrogens with one attached hydrogen (secondary N) is 2. The second kappa shape index (κ2) is 9.44. The Bertz CT molecular complexity index is 1270. The largest absolute Gasteiger partial charge is 0.444 e. The summed E-state index contributed by atoms with van der Waals surface area (Å²) in [5.74, 6) is -0.726. The van der Waals surface area contributed by atoms with Crippen molar-refractivity contribution in [3.63, 3.8) is 0 Å². The minimum atomic E-state index is -4.59. The monoisotopic (exact) mass is 493 g/mol. The van der Waals surface area contributed by atoms with E-state index in [-0.39, 0.29) is 28.9 Å². The van der Waals surface area contributed by atoms with Crippen LogP contribution in [0, 0.1) is 0 Å². The van der Waals surface area contributed by atoms with E-state index in [0.29, 0.717) is 30.9 Å². The molecule has 0 radical (unpaired) electrons. The molecule has 1 aliphatic heterocycles. The van der Waals surface area contributed by atoms with Crippen LogP contribution in [0.15, 0.2) is 35.2 Å². The number of aryl methyl sites for hydroxylation is 1. The van der Waals surface area contributed by atoms with Crippen LogP contribution in [0.5, 0.6) is 5.88 Å². The van der Waals surface area contributed by atoms with Crippen LogP contribution < -0.4 is 20.3 Å². The van der Waals surface area contributed by atoms with Crippen LogP contribution in [0.1, 0.15) is 23.3 Å². The fourth-order valence-electron chi connectivity index (χ4n) is 3.24. The lowest BCUT2D eigenvalue weighted by Gasteiger charge is -2.14.